The summed E-state index contributed by atoms with van der Waals surface area (Å²) in [5.41, 5.74) is 3.90. The first-order valence-electron chi connectivity index (χ1n) is 5.94. The maximum atomic E-state index is 5.62. The third-order valence-electron chi connectivity index (χ3n) is 2.84. The van der Waals surface area contributed by atoms with Crippen LogP contribution in [0.4, 0.5) is 0 Å². The SMILES string of the molecule is COc1cc(OC)cc(C(CCN(C)C)NN)c1. The van der Waals surface area contributed by atoms with Crippen LogP contribution in [0.1, 0.15) is 18.0 Å². The molecule has 0 radical (unpaired) electrons. The summed E-state index contributed by atoms with van der Waals surface area (Å²) in [6.07, 6.45) is 0.916. The Balaban J connectivity index is 2.89. The molecule has 0 amide bonds. The topological polar surface area (TPSA) is 59.8 Å². The molecule has 1 aromatic carbocycles. The molecule has 1 rings (SSSR count). The summed E-state index contributed by atoms with van der Waals surface area (Å²) in [5.74, 6) is 7.17. The Kier molecular flexibility index (Phi) is 5.91. The summed E-state index contributed by atoms with van der Waals surface area (Å²) in [5, 5.41) is 0. The van der Waals surface area contributed by atoms with Crippen LogP contribution in [0.15, 0.2) is 18.2 Å². The van der Waals surface area contributed by atoms with Gasteiger partial charge in [0.25, 0.3) is 0 Å². The van der Waals surface area contributed by atoms with Crippen LogP contribution < -0.4 is 20.7 Å². The largest absolute Gasteiger partial charge is 0.497 e. The van der Waals surface area contributed by atoms with Gasteiger partial charge in [0.05, 0.1) is 14.2 Å². The van der Waals surface area contributed by atoms with Crippen LogP contribution in [0.3, 0.4) is 0 Å². The van der Waals surface area contributed by atoms with E-state index in [4.69, 9.17) is 15.3 Å². The Labute approximate surface area is 109 Å². The van der Waals surface area contributed by atoms with E-state index in [0.717, 1.165) is 30.0 Å². The molecule has 0 bridgehead atoms. The number of hydrogen-bond donors (Lipinski definition) is 2. The van der Waals surface area contributed by atoms with Gasteiger partial charge in [0.15, 0.2) is 0 Å². The highest BCUT2D eigenvalue weighted by Gasteiger charge is 2.12. The van der Waals surface area contributed by atoms with Gasteiger partial charge in [0.1, 0.15) is 11.5 Å². The second-order valence-corrected chi connectivity index (χ2v) is 4.46. The molecule has 5 heteroatoms. The number of nitrogens with zero attached hydrogens (tertiary/aromatic N) is 1. The van der Waals surface area contributed by atoms with Gasteiger partial charge in [-0.3, -0.25) is 11.3 Å². The molecule has 0 saturated carbocycles. The van der Waals surface area contributed by atoms with E-state index in [9.17, 15) is 0 Å². The fourth-order valence-electron chi connectivity index (χ4n) is 1.76. The molecule has 1 aromatic rings. The van der Waals surface area contributed by atoms with E-state index in [1.165, 1.54) is 0 Å². The van der Waals surface area contributed by atoms with Gasteiger partial charge in [-0.25, -0.2) is 0 Å². The second-order valence-electron chi connectivity index (χ2n) is 4.46. The minimum absolute atomic E-state index is 0.0800. The van der Waals surface area contributed by atoms with Crippen molar-refractivity contribution >= 4 is 0 Å². The Hall–Kier alpha value is -1.30. The molecule has 0 fully saturated rings. The van der Waals surface area contributed by atoms with Crippen molar-refractivity contribution in [2.45, 2.75) is 12.5 Å². The predicted molar refractivity (Wildman–Crippen MR) is 72.8 cm³/mol. The monoisotopic (exact) mass is 253 g/mol. The molecule has 1 atom stereocenters. The van der Waals surface area contributed by atoms with E-state index in [0.29, 0.717) is 0 Å². The van der Waals surface area contributed by atoms with Gasteiger partial charge < -0.3 is 14.4 Å². The molecule has 18 heavy (non-hydrogen) atoms. The minimum Gasteiger partial charge on any atom is -0.497 e. The van der Waals surface area contributed by atoms with Gasteiger partial charge in [-0.1, -0.05) is 0 Å². The van der Waals surface area contributed by atoms with Crippen LogP contribution in [0.5, 0.6) is 11.5 Å². The zero-order valence-corrected chi connectivity index (χ0v) is 11.6. The normalized spacial score (nSPS) is 12.6. The lowest BCUT2D eigenvalue weighted by Gasteiger charge is -2.20. The summed E-state index contributed by atoms with van der Waals surface area (Å²) >= 11 is 0. The Morgan fingerprint density at radius 2 is 1.72 bits per heavy atom. The van der Waals surface area contributed by atoms with Gasteiger partial charge in [0, 0.05) is 12.1 Å². The molecule has 0 aliphatic heterocycles. The molecule has 0 saturated heterocycles. The summed E-state index contributed by atoms with van der Waals surface area (Å²) in [6.45, 7) is 0.953. The lowest BCUT2D eigenvalue weighted by molar-refractivity contribution is 0.359. The first kappa shape index (κ1) is 14.8. The summed E-state index contributed by atoms with van der Waals surface area (Å²) < 4.78 is 10.5. The zero-order valence-electron chi connectivity index (χ0n) is 11.6. The molecule has 5 nitrogen and oxygen atoms in total. The third kappa shape index (κ3) is 4.18. The number of nitrogens with one attached hydrogen (secondary N) is 1. The lowest BCUT2D eigenvalue weighted by Crippen LogP contribution is -2.30. The number of methoxy groups -OCH3 is 2. The molecule has 1 unspecified atom stereocenters. The van der Waals surface area contributed by atoms with Crippen LogP contribution in [-0.2, 0) is 0 Å². The number of hydrogen-bond acceptors (Lipinski definition) is 5. The average Bonchev–Trinajstić information content (AvgIpc) is 2.38. The average molecular weight is 253 g/mol. The standard InChI is InChI=1S/C13H23N3O2/c1-16(2)6-5-13(15-14)10-7-11(17-3)9-12(8-10)18-4/h7-9,13,15H,5-6,14H2,1-4H3. The van der Waals surface area contributed by atoms with Crippen LogP contribution >= 0.6 is 0 Å². The van der Waals surface area contributed by atoms with Crippen molar-refractivity contribution in [3.63, 3.8) is 0 Å². The quantitative estimate of drug-likeness (QED) is 0.564. The number of hydrazine groups is 1. The molecular formula is C13H23N3O2. The molecule has 0 spiro atoms. The smallest absolute Gasteiger partial charge is 0.122 e. The summed E-state index contributed by atoms with van der Waals surface area (Å²) in [6, 6.07) is 5.88. The minimum atomic E-state index is 0.0800. The Morgan fingerprint density at radius 3 is 2.11 bits per heavy atom. The summed E-state index contributed by atoms with van der Waals surface area (Å²) in [4.78, 5) is 2.13. The highest BCUT2D eigenvalue weighted by Crippen LogP contribution is 2.27. The lowest BCUT2D eigenvalue weighted by atomic mass is 10.0. The van der Waals surface area contributed by atoms with Gasteiger partial charge in [-0.15, -0.1) is 0 Å². The molecule has 0 heterocycles. The molecule has 102 valence electrons. The van der Waals surface area contributed by atoms with Crippen molar-refractivity contribution in [2.75, 3.05) is 34.9 Å². The van der Waals surface area contributed by atoms with Crippen LogP contribution in [-0.4, -0.2) is 39.8 Å². The molecule has 3 N–H and O–H groups in total. The molecular weight excluding hydrogens is 230 g/mol. The maximum absolute atomic E-state index is 5.62. The van der Waals surface area contributed by atoms with Crippen molar-refractivity contribution in [1.82, 2.24) is 10.3 Å². The van der Waals surface area contributed by atoms with E-state index in [1.54, 1.807) is 14.2 Å². The van der Waals surface area contributed by atoms with Crippen molar-refractivity contribution in [1.29, 1.82) is 0 Å². The number of benzene rings is 1. The number of ether oxygens (including phenoxy) is 2. The summed E-state index contributed by atoms with van der Waals surface area (Å²) in [7, 11) is 7.37. The first-order chi connectivity index (χ1) is 8.60. The zero-order chi connectivity index (χ0) is 13.5. The number of rotatable bonds is 7. The highest BCUT2D eigenvalue weighted by atomic mass is 16.5. The van der Waals surface area contributed by atoms with E-state index < -0.39 is 0 Å². The van der Waals surface area contributed by atoms with E-state index >= 15 is 0 Å². The predicted octanol–water partition coefficient (Wildman–Crippen LogP) is 1.16. The van der Waals surface area contributed by atoms with E-state index in [-0.39, 0.29) is 6.04 Å². The maximum Gasteiger partial charge on any atom is 0.122 e. The Bertz CT molecular complexity index is 347. The van der Waals surface area contributed by atoms with Gasteiger partial charge >= 0.3 is 0 Å². The highest BCUT2D eigenvalue weighted by molar-refractivity contribution is 5.39. The second kappa shape index (κ2) is 7.20. The van der Waals surface area contributed by atoms with Crippen molar-refractivity contribution in [3.05, 3.63) is 23.8 Å². The van der Waals surface area contributed by atoms with Crippen molar-refractivity contribution < 1.29 is 9.47 Å². The fraction of sp³-hybridized carbons (Fsp3) is 0.538. The van der Waals surface area contributed by atoms with Gasteiger partial charge in [0.2, 0.25) is 0 Å². The van der Waals surface area contributed by atoms with Gasteiger partial charge in [-0.05, 0) is 44.8 Å². The number of nitrogens with two attached hydrogens (primary N) is 1. The molecule has 0 aliphatic carbocycles. The van der Waals surface area contributed by atoms with Crippen molar-refractivity contribution in [3.8, 4) is 11.5 Å². The van der Waals surface area contributed by atoms with Gasteiger partial charge in [-0.2, -0.15) is 0 Å². The van der Waals surface area contributed by atoms with Crippen LogP contribution in [0, 0.1) is 0 Å². The Morgan fingerprint density at radius 1 is 1.17 bits per heavy atom. The van der Waals surface area contributed by atoms with E-state index in [1.807, 2.05) is 32.3 Å². The molecule has 0 aromatic heterocycles. The first-order valence-corrected chi connectivity index (χ1v) is 5.94. The van der Waals surface area contributed by atoms with Crippen LogP contribution in [0.25, 0.3) is 0 Å². The third-order valence-corrected chi connectivity index (χ3v) is 2.84. The van der Waals surface area contributed by atoms with E-state index in [2.05, 4.69) is 10.3 Å². The molecule has 0 aliphatic rings. The van der Waals surface area contributed by atoms with Crippen molar-refractivity contribution in [2.24, 2.45) is 5.84 Å². The van der Waals surface area contributed by atoms with Crippen LogP contribution in [0.2, 0.25) is 0 Å². The fourth-order valence-corrected chi connectivity index (χ4v) is 1.76.